The lowest BCUT2D eigenvalue weighted by Gasteiger charge is -2.36. The van der Waals surface area contributed by atoms with Crippen molar-refractivity contribution in [2.75, 3.05) is 63.2 Å². The van der Waals surface area contributed by atoms with Crippen LogP contribution in [0.5, 0.6) is 5.75 Å². The minimum absolute atomic E-state index is 0.258. The first-order valence-corrected chi connectivity index (χ1v) is 13.1. The highest BCUT2D eigenvalue weighted by Crippen LogP contribution is 2.24. The highest BCUT2D eigenvalue weighted by molar-refractivity contribution is 5.90. The van der Waals surface area contributed by atoms with Crippen molar-refractivity contribution in [1.82, 2.24) is 34.3 Å². The van der Waals surface area contributed by atoms with Gasteiger partial charge >= 0.3 is 0 Å². The van der Waals surface area contributed by atoms with Crippen molar-refractivity contribution in [1.29, 1.82) is 0 Å². The summed E-state index contributed by atoms with van der Waals surface area (Å²) < 4.78 is 14.5. The van der Waals surface area contributed by atoms with Gasteiger partial charge in [-0.3, -0.25) is 4.90 Å². The van der Waals surface area contributed by atoms with Crippen LogP contribution in [0.1, 0.15) is 6.92 Å². The predicted octanol–water partition coefficient (Wildman–Crippen LogP) is 2.49. The predicted molar refractivity (Wildman–Crippen MR) is 144 cm³/mol. The molecule has 6 rings (SSSR count). The summed E-state index contributed by atoms with van der Waals surface area (Å²) in [6, 6.07) is 11.8. The molecule has 0 amide bonds. The second-order valence-corrected chi connectivity index (χ2v) is 9.12. The maximum atomic E-state index is 6.22. The quantitative estimate of drug-likeness (QED) is 0.152. The third-order valence-corrected chi connectivity index (χ3v) is 6.68. The molecule has 13 nitrogen and oxygen atoms in total. The Morgan fingerprint density at radius 3 is 2.56 bits per heavy atom. The summed E-state index contributed by atoms with van der Waals surface area (Å²) in [6.07, 6.45) is 3.36. The number of hydrogen-bond acceptors (Lipinski definition) is 11. The number of fused-ring (bicyclic) bond motifs is 3. The van der Waals surface area contributed by atoms with Crippen LogP contribution in [0.3, 0.4) is 0 Å². The Morgan fingerprint density at radius 2 is 1.79 bits per heavy atom. The minimum atomic E-state index is 0.258. The molecule has 5 heterocycles. The van der Waals surface area contributed by atoms with Gasteiger partial charge in [0.05, 0.1) is 31.0 Å². The van der Waals surface area contributed by atoms with E-state index in [-0.39, 0.29) is 5.95 Å². The molecule has 1 saturated heterocycles. The van der Waals surface area contributed by atoms with Gasteiger partial charge < -0.3 is 19.8 Å². The third-order valence-electron chi connectivity index (χ3n) is 6.68. The van der Waals surface area contributed by atoms with E-state index in [0.717, 1.165) is 43.9 Å². The van der Waals surface area contributed by atoms with Crippen molar-refractivity contribution in [3.05, 3.63) is 48.9 Å². The van der Waals surface area contributed by atoms with Crippen LogP contribution in [0.4, 0.5) is 11.6 Å². The monoisotopic (exact) mass is 533 g/mol. The summed E-state index contributed by atoms with van der Waals surface area (Å²) in [4.78, 5) is 23.9. The van der Waals surface area contributed by atoms with Gasteiger partial charge in [-0.25, -0.2) is 19.4 Å². The molecule has 39 heavy (non-hydrogen) atoms. The summed E-state index contributed by atoms with van der Waals surface area (Å²) in [7, 11) is 0. The van der Waals surface area contributed by atoms with E-state index in [0.29, 0.717) is 49.2 Å². The Balaban J connectivity index is 1.04. The lowest BCUT2D eigenvalue weighted by molar-refractivity contribution is -0.293. The van der Waals surface area contributed by atoms with Crippen molar-refractivity contribution < 1.29 is 18.9 Å². The molecule has 204 valence electrons. The van der Waals surface area contributed by atoms with Gasteiger partial charge in [-0.05, 0) is 43.3 Å². The maximum absolute atomic E-state index is 6.22. The molecule has 0 atom stereocenters. The van der Waals surface area contributed by atoms with Crippen molar-refractivity contribution in [3.8, 4) is 17.3 Å². The number of nitrogens with zero attached hydrogens (tertiary/aromatic N) is 8. The average Bonchev–Trinajstić information content (AvgIpc) is 3.73. The number of benzene rings is 1. The maximum Gasteiger partial charge on any atom is 0.225 e. The van der Waals surface area contributed by atoms with E-state index in [9.17, 15) is 0 Å². The first-order valence-electron chi connectivity index (χ1n) is 13.1. The van der Waals surface area contributed by atoms with E-state index >= 15 is 0 Å². The number of furan rings is 1. The standard InChI is InChI=1S/C26H31N9O4/c1-2-38-39-17-16-36-20-7-5-19(6-8-20)33-12-9-32(10-13-33)11-14-34-24-21(18-28-34)25-29-23(22-4-3-15-37-22)31-35(25)26(27)30-24/h3-8,15,18H,2,9-14,16-17H2,1H3,(H2,27,30). The fourth-order valence-corrected chi connectivity index (χ4v) is 4.69. The van der Waals surface area contributed by atoms with Crippen LogP contribution in [0, 0.1) is 0 Å². The molecule has 1 aliphatic heterocycles. The zero-order valence-electron chi connectivity index (χ0n) is 21.8. The molecule has 13 heteroatoms. The van der Waals surface area contributed by atoms with E-state index in [1.54, 1.807) is 18.5 Å². The van der Waals surface area contributed by atoms with E-state index in [4.69, 9.17) is 24.7 Å². The molecule has 0 saturated carbocycles. The fourth-order valence-electron chi connectivity index (χ4n) is 4.69. The zero-order valence-corrected chi connectivity index (χ0v) is 21.8. The van der Waals surface area contributed by atoms with Gasteiger partial charge in [-0.2, -0.15) is 14.6 Å². The molecule has 0 unspecified atom stereocenters. The number of ether oxygens (including phenoxy) is 1. The van der Waals surface area contributed by atoms with Gasteiger partial charge in [0.25, 0.3) is 0 Å². The Hall–Kier alpha value is -4.20. The summed E-state index contributed by atoms with van der Waals surface area (Å²) in [5, 5.41) is 9.83. The molecular weight excluding hydrogens is 502 g/mol. The number of rotatable bonds is 11. The second-order valence-electron chi connectivity index (χ2n) is 9.12. The molecule has 0 bridgehead atoms. The van der Waals surface area contributed by atoms with Gasteiger partial charge in [-0.15, -0.1) is 5.10 Å². The summed E-state index contributed by atoms with van der Waals surface area (Å²) in [6.45, 7) is 8.62. The summed E-state index contributed by atoms with van der Waals surface area (Å²) >= 11 is 0. The van der Waals surface area contributed by atoms with Crippen LogP contribution in [0.25, 0.3) is 28.3 Å². The number of anilines is 2. The van der Waals surface area contributed by atoms with E-state index in [2.05, 4.69) is 42.1 Å². The molecule has 0 radical (unpaired) electrons. The van der Waals surface area contributed by atoms with Crippen molar-refractivity contribution >= 4 is 28.3 Å². The first kappa shape index (κ1) is 25.1. The lowest BCUT2D eigenvalue weighted by atomic mass is 10.2. The van der Waals surface area contributed by atoms with Crippen LogP contribution >= 0.6 is 0 Å². The molecule has 5 aromatic rings. The van der Waals surface area contributed by atoms with Crippen molar-refractivity contribution in [2.24, 2.45) is 0 Å². The lowest BCUT2D eigenvalue weighted by Crippen LogP contribution is -2.47. The smallest absolute Gasteiger partial charge is 0.225 e. The topological polar surface area (TPSA) is 134 Å². The molecule has 1 aromatic carbocycles. The number of piperazine rings is 1. The summed E-state index contributed by atoms with van der Waals surface area (Å²) in [5.74, 6) is 2.11. The third kappa shape index (κ3) is 5.37. The Morgan fingerprint density at radius 1 is 0.949 bits per heavy atom. The molecular formula is C26H31N9O4. The SMILES string of the molecule is CCOOCCOc1ccc(N2CCN(CCn3ncc4c3nc(N)n3nc(-c5ccco5)nc43)CC2)cc1. The number of hydrogen-bond donors (Lipinski definition) is 1. The van der Waals surface area contributed by atoms with E-state index in [1.807, 2.05) is 29.8 Å². The Bertz CT molecular complexity index is 1510. The molecule has 0 spiro atoms. The number of aromatic nitrogens is 6. The van der Waals surface area contributed by atoms with Gasteiger partial charge in [0.2, 0.25) is 11.8 Å². The fraction of sp³-hybridized carbons (Fsp3) is 0.385. The van der Waals surface area contributed by atoms with Crippen molar-refractivity contribution in [2.45, 2.75) is 13.5 Å². The van der Waals surface area contributed by atoms with E-state index < -0.39 is 0 Å². The van der Waals surface area contributed by atoms with Crippen LogP contribution in [-0.2, 0) is 16.3 Å². The average molecular weight is 534 g/mol. The van der Waals surface area contributed by atoms with Crippen LogP contribution < -0.4 is 15.4 Å². The molecule has 2 N–H and O–H groups in total. The largest absolute Gasteiger partial charge is 0.491 e. The molecule has 1 fully saturated rings. The zero-order chi connectivity index (χ0) is 26.6. The number of nitrogens with two attached hydrogens (primary N) is 1. The van der Waals surface area contributed by atoms with Crippen LogP contribution in [0.15, 0.2) is 53.3 Å². The number of nitrogen functional groups attached to an aromatic ring is 1. The Kier molecular flexibility index (Phi) is 7.25. The van der Waals surface area contributed by atoms with Gasteiger partial charge in [-0.1, -0.05) is 0 Å². The van der Waals surface area contributed by atoms with E-state index in [1.165, 1.54) is 10.2 Å². The normalized spacial score (nSPS) is 14.5. The Labute approximate surface area is 224 Å². The molecule has 1 aliphatic rings. The molecule has 4 aromatic heterocycles. The highest BCUT2D eigenvalue weighted by atomic mass is 17.2. The second kappa shape index (κ2) is 11.3. The summed E-state index contributed by atoms with van der Waals surface area (Å²) in [5.41, 5.74) is 8.72. The van der Waals surface area contributed by atoms with Crippen molar-refractivity contribution in [3.63, 3.8) is 0 Å². The highest BCUT2D eigenvalue weighted by Gasteiger charge is 2.20. The first-order chi connectivity index (χ1) is 19.2. The van der Waals surface area contributed by atoms with Gasteiger partial charge in [0.1, 0.15) is 19.0 Å². The minimum Gasteiger partial charge on any atom is -0.491 e. The van der Waals surface area contributed by atoms with Gasteiger partial charge in [0.15, 0.2) is 17.1 Å². The van der Waals surface area contributed by atoms with Gasteiger partial charge in [0, 0.05) is 38.4 Å². The molecule has 0 aliphatic carbocycles. The van der Waals surface area contributed by atoms with Crippen LogP contribution in [-0.4, -0.2) is 86.8 Å². The van der Waals surface area contributed by atoms with Crippen LogP contribution in [0.2, 0.25) is 0 Å².